The Kier molecular flexibility index (Phi) is 2.57. The molecular formula is C12H19N3. The average molecular weight is 205 g/mol. The van der Waals surface area contributed by atoms with E-state index >= 15 is 0 Å². The van der Waals surface area contributed by atoms with E-state index in [9.17, 15) is 0 Å². The van der Waals surface area contributed by atoms with Gasteiger partial charge in [0, 0.05) is 0 Å². The van der Waals surface area contributed by atoms with Crippen LogP contribution in [0.25, 0.3) is 0 Å². The van der Waals surface area contributed by atoms with Crippen molar-refractivity contribution in [2.45, 2.75) is 39.5 Å². The Bertz CT molecular complexity index is 334. The van der Waals surface area contributed by atoms with Gasteiger partial charge in [0.1, 0.15) is 0 Å². The molecule has 3 N–H and O–H groups in total. The second kappa shape index (κ2) is 3.74. The third-order valence-corrected chi connectivity index (χ3v) is 2.89. The van der Waals surface area contributed by atoms with E-state index in [0.29, 0.717) is 11.8 Å². The van der Waals surface area contributed by atoms with Crippen molar-refractivity contribution in [1.29, 1.82) is 0 Å². The molecule has 1 heterocycles. The van der Waals surface area contributed by atoms with Crippen LogP contribution in [0.2, 0.25) is 0 Å². The number of benzene rings is 1. The Labute approximate surface area is 91.2 Å². The van der Waals surface area contributed by atoms with Crippen LogP contribution in [0.4, 0.5) is 11.4 Å². The van der Waals surface area contributed by atoms with Crippen LogP contribution in [0.1, 0.15) is 50.7 Å². The average Bonchev–Trinajstić information content (AvgIpc) is 2.63. The molecule has 1 aliphatic rings. The van der Waals surface area contributed by atoms with Crippen LogP contribution in [0.5, 0.6) is 0 Å². The first-order chi connectivity index (χ1) is 7.11. The molecule has 0 bridgehead atoms. The molecule has 3 nitrogen and oxygen atoms in total. The maximum absolute atomic E-state index is 3.18. The van der Waals surface area contributed by atoms with Gasteiger partial charge in [-0.2, -0.15) is 0 Å². The smallest absolute Gasteiger partial charge is 0.0788 e. The maximum Gasteiger partial charge on any atom is 0.0788 e. The lowest BCUT2D eigenvalue weighted by molar-refractivity contribution is 0.851. The number of hydrazine groups is 2. The second-order valence-corrected chi connectivity index (χ2v) is 4.68. The Morgan fingerprint density at radius 2 is 1.20 bits per heavy atom. The van der Waals surface area contributed by atoms with Crippen LogP contribution in [0, 0.1) is 0 Å². The van der Waals surface area contributed by atoms with Crippen molar-refractivity contribution in [3.05, 3.63) is 23.3 Å². The van der Waals surface area contributed by atoms with Crippen LogP contribution in [0.3, 0.4) is 0 Å². The van der Waals surface area contributed by atoms with Gasteiger partial charge in [-0.1, -0.05) is 39.8 Å². The van der Waals surface area contributed by atoms with E-state index in [4.69, 9.17) is 0 Å². The minimum Gasteiger partial charge on any atom is -0.302 e. The first kappa shape index (κ1) is 10.3. The number of hydrogen-bond acceptors (Lipinski definition) is 3. The van der Waals surface area contributed by atoms with Crippen LogP contribution >= 0.6 is 0 Å². The van der Waals surface area contributed by atoms with Gasteiger partial charge >= 0.3 is 0 Å². The third kappa shape index (κ3) is 1.67. The van der Waals surface area contributed by atoms with Crippen LogP contribution in [-0.4, -0.2) is 0 Å². The number of nitrogens with one attached hydrogen (secondary N) is 3. The lowest BCUT2D eigenvalue weighted by Crippen LogP contribution is -2.20. The minimum absolute atomic E-state index is 0.536. The van der Waals surface area contributed by atoms with Crippen molar-refractivity contribution >= 4 is 11.4 Å². The molecule has 2 rings (SSSR count). The maximum atomic E-state index is 3.18. The van der Waals surface area contributed by atoms with Gasteiger partial charge in [-0.3, -0.25) is 0 Å². The molecule has 0 aliphatic carbocycles. The van der Waals surface area contributed by atoms with Gasteiger partial charge < -0.3 is 10.9 Å². The molecule has 1 aromatic carbocycles. The highest BCUT2D eigenvalue weighted by atomic mass is 15.6. The number of hydrogen-bond donors (Lipinski definition) is 3. The molecule has 1 aliphatic heterocycles. The summed E-state index contributed by atoms with van der Waals surface area (Å²) >= 11 is 0. The fourth-order valence-corrected chi connectivity index (χ4v) is 2.02. The SMILES string of the molecule is CC(C)c1ccc(C(C)C)c2c1NNN2. The van der Waals surface area contributed by atoms with Crippen molar-refractivity contribution < 1.29 is 0 Å². The van der Waals surface area contributed by atoms with Crippen molar-refractivity contribution in [2.75, 3.05) is 10.9 Å². The lowest BCUT2D eigenvalue weighted by atomic mass is 9.93. The van der Waals surface area contributed by atoms with E-state index < -0.39 is 0 Å². The molecule has 0 unspecified atom stereocenters. The fraction of sp³-hybridized carbons (Fsp3) is 0.500. The summed E-state index contributed by atoms with van der Waals surface area (Å²) in [5.74, 6) is 1.07. The molecule has 3 heteroatoms. The largest absolute Gasteiger partial charge is 0.302 e. The van der Waals surface area contributed by atoms with Gasteiger partial charge in [0.2, 0.25) is 0 Å². The summed E-state index contributed by atoms with van der Waals surface area (Å²) in [5.41, 5.74) is 14.5. The Hall–Kier alpha value is -1.22. The third-order valence-electron chi connectivity index (χ3n) is 2.89. The van der Waals surface area contributed by atoms with E-state index in [1.807, 2.05) is 0 Å². The summed E-state index contributed by atoms with van der Waals surface area (Å²) in [4.78, 5) is 0. The summed E-state index contributed by atoms with van der Waals surface area (Å²) in [6.45, 7) is 8.85. The lowest BCUT2D eigenvalue weighted by Gasteiger charge is -2.15. The summed E-state index contributed by atoms with van der Waals surface area (Å²) < 4.78 is 0. The molecule has 0 atom stereocenters. The molecule has 0 saturated heterocycles. The van der Waals surface area contributed by atoms with Gasteiger partial charge in [-0.05, 0) is 23.0 Å². The van der Waals surface area contributed by atoms with Crippen molar-refractivity contribution in [2.24, 2.45) is 0 Å². The zero-order chi connectivity index (χ0) is 11.0. The van der Waals surface area contributed by atoms with Crippen LogP contribution < -0.4 is 16.4 Å². The molecule has 15 heavy (non-hydrogen) atoms. The topological polar surface area (TPSA) is 36.1 Å². The van der Waals surface area contributed by atoms with E-state index in [0.717, 1.165) is 0 Å². The second-order valence-electron chi connectivity index (χ2n) is 4.68. The molecule has 0 spiro atoms. The van der Waals surface area contributed by atoms with E-state index in [1.54, 1.807) is 0 Å². The van der Waals surface area contributed by atoms with E-state index in [2.05, 4.69) is 56.2 Å². The highest BCUT2D eigenvalue weighted by molar-refractivity contribution is 5.79. The number of fused-ring (bicyclic) bond motifs is 1. The van der Waals surface area contributed by atoms with Crippen LogP contribution in [0.15, 0.2) is 12.1 Å². The van der Waals surface area contributed by atoms with Crippen molar-refractivity contribution in [1.82, 2.24) is 5.53 Å². The quantitative estimate of drug-likeness (QED) is 0.694. The standard InChI is InChI=1S/C12H19N3/c1-7(2)9-5-6-10(8(3)4)12-11(9)13-15-14-12/h5-8,13-15H,1-4H3. The van der Waals surface area contributed by atoms with E-state index in [-0.39, 0.29) is 0 Å². The molecule has 0 amide bonds. The Morgan fingerprint density at radius 3 is 1.53 bits per heavy atom. The Morgan fingerprint density at radius 1 is 0.800 bits per heavy atom. The van der Waals surface area contributed by atoms with Crippen LogP contribution in [-0.2, 0) is 0 Å². The zero-order valence-corrected chi connectivity index (χ0v) is 9.81. The number of rotatable bonds is 2. The summed E-state index contributed by atoms with van der Waals surface area (Å²) in [5, 5.41) is 0. The molecule has 0 aromatic heterocycles. The van der Waals surface area contributed by atoms with Crippen molar-refractivity contribution in [3.8, 4) is 0 Å². The predicted octanol–water partition coefficient (Wildman–Crippen LogP) is 3.19. The normalized spacial score (nSPS) is 14.0. The van der Waals surface area contributed by atoms with Gasteiger partial charge in [0.05, 0.1) is 11.4 Å². The van der Waals surface area contributed by atoms with E-state index in [1.165, 1.54) is 22.5 Å². The summed E-state index contributed by atoms with van der Waals surface area (Å²) in [6.07, 6.45) is 0. The fourth-order valence-electron chi connectivity index (χ4n) is 2.02. The van der Waals surface area contributed by atoms with Crippen molar-refractivity contribution in [3.63, 3.8) is 0 Å². The first-order valence-corrected chi connectivity index (χ1v) is 5.55. The number of anilines is 2. The van der Waals surface area contributed by atoms with Gasteiger partial charge in [0.25, 0.3) is 0 Å². The minimum atomic E-state index is 0.536. The molecular weight excluding hydrogens is 186 g/mol. The molecule has 0 radical (unpaired) electrons. The highest BCUT2D eigenvalue weighted by Crippen LogP contribution is 2.38. The van der Waals surface area contributed by atoms with Gasteiger partial charge in [-0.25, -0.2) is 0 Å². The summed E-state index contributed by atoms with van der Waals surface area (Å²) in [6, 6.07) is 4.45. The van der Waals surface area contributed by atoms with Gasteiger partial charge in [-0.15, -0.1) is 5.53 Å². The zero-order valence-electron chi connectivity index (χ0n) is 9.81. The Balaban J connectivity index is 2.54. The summed E-state index contributed by atoms with van der Waals surface area (Å²) in [7, 11) is 0. The highest BCUT2D eigenvalue weighted by Gasteiger charge is 2.20. The molecule has 0 fully saturated rings. The predicted molar refractivity (Wildman–Crippen MR) is 65.0 cm³/mol. The monoisotopic (exact) mass is 205 g/mol. The molecule has 0 saturated carbocycles. The molecule has 82 valence electrons. The molecule has 1 aromatic rings. The first-order valence-electron chi connectivity index (χ1n) is 5.55. The van der Waals surface area contributed by atoms with Gasteiger partial charge in [0.15, 0.2) is 0 Å².